The van der Waals surface area contributed by atoms with Gasteiger partial charge in [-0.1, -0.05) is 27.7 Å². The number of aryl methyl sites for hydroxylation is 2. The fourth-order valence-corrected chi connectivity index (χ4v) is 1.87. The van der Waals surface area contributed by atoms with Gasteiger partial charge in [0.15, 0.2) is 5.82 Å². The van der Waals surface area contributed by atoms with Crippen molar-refractivity contribution in [1.29, 1.82) is 0 Å². The summed E-state index contributed by atoms with van der Waals surface area (Å²) in [6, 6.07) is -0.297. The van der Waals surface area contributed by atoms with Crippen molar-refractivity contribution in [2.24, 2.45) is 11.7 Å². The minimum atomic E-state index is -0.183. The van der Waals surface area contributed by atoms with Crippen LogP contribution in [0.25, 0.3) is 0 Å². The van der Waals surface area contributed by atoms with E-state index >= 15 is 0 Å². The molecule has 5 heteroatoms. The second-order valence-electron chi connectivity index (χ2n) is 4.67. The first-order valence-corrected chi connectivity index (χ1v) is 6.35. The van der Waals surface area contributed by atoms with Crippen molar-refractivity contribution in [2.75, 3.05) is 6.61 Å². The molecule has 0 aliphatic rings. The van der Waals surface area contributed by atoms with E-state index in [0.29, 0.717) is 5.92 Å². The first-order valence-electron chi connectivity index (χ1n) is 6.35. The van der Waals surface area contributed by atoms with Gasteiger partial charge in [-0.3, -0.25) is 0 Å². The first kappa shape index (κ1) is 14.1. The van der Waals surface area contributed by atoms with Gasteiger partial charge in [0.1, 0.15) is 5.82 Å². The maximum absolute atomic E-state index is 9.53. The van der Waals surface area contributed by atoms with Crippen molar-refractivity contribution in [3.05, 3.63) is 11.6 Å². The van der Waals surface area contributed by atoms with E-state index in [2.05, 4.69) is 23.9 Å². The lowest BCUT2D eigenvalue weighted by atomic mass is 9.98. The van der Waals surface area contributed by atoms with E-state index in [4.69, 9.17) is 5.73 Å². The second kappa shape index (κ2) is 6.12. The van der Waals surface area contributed by atoms with Crippen LogP contribution in [0.15, 0.2) is 0 Å². The Bertz CT molecular complexity index is 348. The quantitative estimate of drug-likeness (QED) is 0.775. The van der Waals surface area contributed by atoms with Gasteiger partial charge < -0.3 is 10.8 Å². The average Bonchev–Trinajstić information content (AvgIpc) is 2.73. The molecule has 0 spiro atoms. The van der Waals surface area contributed by atoms with Crippen LogP contribution in [-0.2, 0) is 12.8 Å². The van der Waals surface area contributed by atoms with Crippen LogP contribution >= 0.6 is 0 Å². The van der Waals surface area contributed by atoms with E-state index in [1.165, 1.54) is 0 Å². The van der Waals surface area contributed by atoms with Crippen molar-refractivity contribution in [1.82, 2.24) is 14.8 Å². The van der Waals surface area contributed by atoms with Crippen molar-refractivity contribution in [2.45, 2.75) is 52.6 Å². The molecular weight excluding hydrogens is 216 g/mol. The Hall–Kier alpha value is -0.940. The zero-order chi connectivity index (χ0) is 13.0. The summed E-state index contributed by atoms with van der Waals surface area (Å²) in [5, 5.41) is 14.0. The fraction of sp³-hybridized carbons (Fsp3) is 0.833. The molecule has 0 fully saturated rings. The molecule has 1 aromatic heterocycles. The van der Waals surface area contributed by atoms with Gasteiger partial charge >= 0.3 is 0 Å². The largest absolute Gasteiger partial charge is 0.394 e. The molecule has 0 aliphatic heterocycles. The Labute approximate surface area is 103 Å². The molecule has 0 radical (unpaired) electrons. The van der Waals surface area contributed by atoms with Gasteiger partial charge in [0.25, 0.3) is 0 Å². The third-order valence-corrected chi connectivity index (χ3v) is 3.09. The third kappa shape index (κ3) is 3.04. The van der Waals surface area contributed by atoms with Gasteiger partial charge in [0.2, 0.25) is 0 Å². The molecule has 0 saturated heterocycles. The first-order chi connectivity index (χ1) is 8.04. The summed E-state index contributed by atoms with van der Waals surface area (Å²) in [6.45, 7) is 8.16. The predicted molar refractivity (Wildman–Crippen MR) is 67.7 cm³/mol. The Kier molecular flexibility index (Phi) is 5.08. The maximum atomic E-state index is 9.53. The van der Waals surface area contributed by atoms with Crippen LogP contribution in [0.3, 0.4) is 0 Å². The number of aliphatic hydroxyl groups excluding tert-OH is 1. The number of nitrogens with zero attached hydrogens (tertiary/aromatic N) is 3. The van der Waals surface area contributed by atoms with Crippen LogP contribution in [-0.4, -0.2) is 32.5 Å². The maximum Gasteiger partial charge on any atom is 0.150 e. The zero-order valence-corrected chi connectivity index (χ0v) is 11.2. The number of aromatic nitrogens is 3. The highest BCUT2D eigenvalue weighted by Gasteiger charge is 2.25. The van der Waals surface area contributed by atoms with Crippen molar-refractivity contribution >= 4 is 0 Å². The van der Waals surface area contributed by atoms with Gasteiger partial charge in [-0.15, -0.1) is 0 Å². The summed E-state index contributed by atoms with van der Waals surface area (Å²) < 4.78 is 1.81. The molecule has 0 aliphatic carbocycles. The smallest absolute Gasteiger partial charge is 0.150 e. The van der Waals surface area contributed by atoms with Crippen LogP contribution in [0, 0.1) is 5.92 Å². The summed E-state index contributed by atoms with van der Waals surface area (Å²) in [7, 11) is 0. The molecule has 5 nitrogen and oxygen atoms in total. The molecule has 1 aromatic rings. The average molecular weight is 240 g/mol. The van der Waals surface area contributed by atoms with Gasteiger partial charge in [-0.2, -0.15) is 5.10 Å². The number of hydrogen-bond acceptors (Lipinski definition) is 4. The fourth-order valence-electron chi connectivity index (χ4n) is 1.87. The predicted octanol–water partition coefficient (Wildman–Crippen LogP) is 0.920. The molecule has 17 heavy (non-hydrogen) atoms. The van der Waals surface area contributed by atoms with Crippen molar-refractivity contribution in [3.8, 4) is 0 Å². The minimum absolute atomic E-state index is 0.00113. The zero-order valence-electron chi connectivity index (χ0n) is 11.2. The summed E-state index contributed by atoms with van der Waals surface area (Å²) in [4.78, 5) is 4.44. The molecule has 1 rings (SSSR count). The number of nitrogens with two attached hydrogens (primary N) is 1. The minimum Gasteiger partial charge on any atom is -0.394 e. The number of hydrogen-bond donors (Lipinski definition) is 2. The molecule has 1 heterocycles. The van der Waals surface area contributed by atoms with Crippen LogP contribution in [0.4, 0.5) is 0 Å². The van der Waals surface area contributed by atoms with E-state index in [1.807, 2.05) is 18.5 Å². The van der Waals surface area contributed by atoms with Gasteiger partial charge in [-0.05, 0) is 5.92 Å². The molecular formula is C12H24N4O. The Morgan fingerprint density at radius 3 is 2.35 bits per heavy atom. The Morgan fingerprint density at radius 1 is 1.29 bits per heavy atom. The number of aliphatic hydroxyl groups is 1. The van der Waals surface area contributed by atoms with Crippen LogP contribution in [0.5, 0.6) is 0 Å². The second-order valence-corrected chi connectivity index (χ2v) is 4.67. The highest BCUT2D eigenvalue weighted by molar-refractivity contribution is 4.97. The van der Waals surface area contributed by atoms with E-state index in [0.717, 1.165) is 24.5 Å². The molecule has 0 bridgehead atoms. The van der Waals surface area contributed by atoms with Gasteiger partial charge in [-0.25, -0.2) is 9.67 Å². The highest BCUT2D eigenvalue weighted by atomic mass is 16.3. The summed E-state index contributed by atoms with van der Waals surface area (Å²) >= 11 is 0. The summed E-state index contributed by atoms with van der Waals surface area (Å²) in [5.41, 5.74) is 6.13. The lowest BCUT2D eigenvalue weighted by Crippen LogP contribution is -2.40. The van der Waals surface area contributed by atoms with Crippen LogP contribution in [0.1, 0.15) is 45.4 Å². The normalized spacial score (nSPS) is 15.2. The number of rotatable bonds is 6. The standard InChI is InChI=1S/C12H24N4O/c1-5-10-14-11(6-2)16(15-10)9(7-17)12(13)8(3)4/h8-9,12,17H,5-7,13H2,1-4H3. The summed E-state index contributed by atoms with van der Waals surface area (Å²) in [6.07, 6.45) is 1.60. The van der Waals surface area contributed by atoms with Crippen molar-refractivity contribution < 1.29 is 5.11 Å². The molecule has 98 valence electrons. The summed E-state index contributed by atoms with van der Waals surface area (Å²) in [5.74, 6) is 2.01. The lowest BCUT2D eigenvalue weighted by Gasteiger charge is -2.26. The molecule has 0 aromatic carbocycles. The van der Waals surface area contributed by atoms with Gasteiger partial charge in [0, 0.05) is 18.9 Å². The highest BCUT2D eigenvalue weighted by Crippen LogP contribution is 2.17. The van der Waals surface area contributed by atoms with E-state index < -0.39 is 0 Å². The Balaban J connectivity index is 3.05. The third-order valence-electron chi connectivity index (χ3n) is 3.09. The molecule has 0 saturated carbocycles. The molecule has 0 amide bonds. The monoisotopic (exact) mass is 240 g/mol. The van der Waals surface area contributed by atoms with Crippen molar-refractivity contribution in [3.63, 3.8) is 0 Å². The topological polar surface area (TPSA) is 77.0 Å². The van der Waals surface area contributed by atoms with E-state index in [9.17, 15) is 5.11 Å². The van der Waals surface area contributed by atoms with E-state index in [-0.39, 0.29) is 18.7 Å². The van der Waals surface area contributed by atoms with Crippen LogP contribution in [0.2, 0.25) is 0 Å². The Morgan fingerprint density at radius 2 is 1.94 bits per heavy atom. The SMILES string of the molecule is CCc1nc(CC)n(C(CO)C(N)C(C)C)n1. The van der Waals surface area contributed by atoms with Gasteiger partial charge in [0.05, 0.1) is 12.6 Å². The molecule has 3 N–H and O–H groups in total. The van der Waals surface area contributed by atoms with E-state index in [1.54, 1.807) is 0 Å². The molecule has 2 unspecified atom stereocenters. The lowest BCUT2D eigenvalue weighted by molar-refractivity contribution is 0.175. The molecule has 2 atom stereocenters. The van der Waals surface area contributed by atoms with Crippen LogP contribution < -0.4 is 5.73 Å².